The Morgan fingerprint density at radius 2 is 1.86 bits per heavy atom. The first-order valence-electron chi connectivity index (χ1n) is 6.49. The van der Waals surface area contributed by atoms with Gasteiger partial charge in [-0.25, -0.2) is 4.79 Å². The summed E-state index contributed by atoms with van der Waals surface area (Å²) in [5, 5.41) is 0. The molecule has 0 saturated heterocycles. The number of carbonyl (C=O) groups is 1. The summed E-state index contributed by atoms with van der Waals surface area (Å²) in [6, 6.07) is 12.7. The minimum Gasteiger partial charge on any atom is -0.465 e. The van der Waals surface area contributed by atoms with Gasteiger partial charge in [0.05, 0.1) is 25.5 Å². The number of anilines is 1. The summed E-state index contributed by atoms with van der Waals surface area (Å²) >= 11 is 4.97. The Morgan fingerprint density at radius 1 is 1.14 bits per heavy atom. The van der Waals surface area contributed by atoms with Crippen molar-refractivity contribution in [2.24, 2.45) is 5.73 Å². The van der Waals surface area contributed by atoms with Gasteiger partial charge in [-0.2, -0.15) is 0 Å². The van der Waals surface area contributed by atoms with E-state index in [0.29, 0.717) is 16.7 Å². The van der Waals surface area contributed by atoms with E-state index in [-0.39, 0.29) is 4.99 Å². The summed E-state index contributed by atoms with van der Waals surface area (Å²) in [5.41, 5.74) is 11.7. The van der Waals surface area contributed by atoms with E-state index in [4.69, 9.17) is 27.5 Å². The zero-order valence-corrected chi connectivity index (χ0v) is 13.1. The molecule has 2 aromatic rings. The molecule has 0 aliphatic carbocycles. The van der Waals surface area contributed by atoms with Crippen LogP contribution in [0.2, 0.25) is 0 Å². The Labute approximate surface area is 134 Å². The molecule has 22 heavy (non-hydrogen) atoms. The Hall–Kier alpha value is -2.44. The van der Waals surface area contributed by atoms with Crippen LogP contribution in [0.3, 0.4) is 0 Å². The molecular weight excluding hydrogens is 300 g/mol. The van der Waals surface area contributed by atoms with Crippen LogP contribution in [0.4, 0.5) is 5.69 Å². The summed E-state index contributed by atoms with van der Waals surface area (Å²) < 4.78 is 4.86. The second-order valence-electron chi connectivity index (χ2n) is 4.47. The number of carbonyl (C=O) groups excluding carboxylic acids is 1. The van der Waals surface area contributed by atoms with Gasteiger partial charge in [0.1, 0.15) is 4.99 Å². The van der Waals surface area contributed by atoms with Crippen LogP contribution in [0.25, 0.3) is 11.1 Å². The molecule has 6 heteroatoms. The van der Waals surface area contributed by atoms with Crippen molar-refractivity contribution in [2.45, 2.75) is 0 Å². The van der Waals surface area contributed by atoms with Gasteiger partial charge >= 0.3 is 5.97 Å². The Bertz CT molecular complexity index is 716. The number of benzene rings is 2. The highest BCUT2D eigenvalue weighted by molar-refractivity contribution is 7.80. The number of nitrogens with two attached hydrogens (primary N) is 1. The van der Waals surface area contributed by atoms with Crippen molar-refractivity contribution in [1.29, 1.82) is 0 Å². The van der Waals surface area contributed by atoms with Crippen LogP contribution >= 0.6 is 12.2 Å². The van der Waals surface area contributed by atoms with Gasteiger partial charge in [0.15, 0.2) is 0 Å². The standard InChI is InChI=1S/C16H16N2O3S/c1-20-16(19)13-9-10(15(17)22)7-8-11(13)12-5-3-4-6-14(12)18-21-2/h3-9,18H,1-2H3,(H2,17,22). The average Bonchev–Trinajstić information content (AvgIpc) is 2.54. The number of para-hydroxylation sites is 1. The largest absolute Gasteiger partial charge is 0.465 e. The first-order valence-corrected chi connectivity index (χ1v) is 6.90. The molecule has 2 aromatic carbocycles. The molecule has 0 spiro atoms. The number of rotatable bonds is 5. The minimum atomic E-state index is -0.458. The lowest BCUT2D eigenvalue weighted by Gasteiger charge is -2.14. The van der Waals surface area contributed by atoms with E-state index in [0.717, 1.165) is 11.3 Å². The number of ether oxygens (including phenoxy) is 1. The molecule has 0 unspecified atom stereocenters. The lowest BCUT2D eigenvalue weighted by molar-refractivity contribution is 0.0601. The van der Waals surface area contributed by atoms with Crippen molar-refractivity contribution in [1.82, 2.24) is 0 Å². The maximum absolute atomic E-state index is 12.1. The third-order valence-electron chi connectivity index (χ3n) is 3.14. The molecule has 114 valence electrons. The molecule has 0 amide bonds. The third kappa shape index (κ3) is 3.24. The van der Waals surface area contributed by atoms with E-state index in [1.807, 2.05) is 24.3 Å². The van der Waals surface area contributed by atoms with Gasteiger partial charge in [-0.1, -0.05) is 42.5 Å². The van der Waals surface area contributed by atoms with E-state index >= 15 is 0 Å². The Balaban J connectivity index is 2.64. The first-order chi connectivity index (χ1) is 10.6. The number of esters is 1. The zero-order valence-electron chi connectivity index (χ0n) is 12.3. The summed E-state index contributed by atoms with van der Waals surface area (Å²) in [6.07, 6.45) is 0. The highest BCUT2D eigenvalue weighted by Gasteiger charge is 2.17. The van der Waals surface area contributed by atoms with Crippen LogP contribution in [0.15, 0.2) is 42.5 Å². The normalized spacial score (nSPS) is 10.1. The average molecular weight is 316 g/mol. The van der Waals surface area contributed by atoms with E-state index in [9.17, 15) is 4.79 Å². The van der Waals surface area contributed by atoms with Crippen molar-refractivity contribution >= 4 is 28.9 Å². The molecular formula is C16H16N2O3S. The SMILES string of the molecule is CONc1ccccc1-c1ccc(C(N)=S)cc1C(=O)OC. The summed E-state index contributed by atoms with van der Waals surface area (Å²) in [5.74, 6) is -0.458. The molecule has 0 bridgehead atoms. The van der Waals surface area contributed by atoms with Crippen molar-refractivity contribution in [2.75, 3.05) is 19.7 Å². The van der Waals surface area contributed by atoms with Gasteiger partial charge in [0.25, 0.3) is 0 Å². The van der Waals surface area contributed by atoms with Crippen molar-refractivity contribution < 1.29 is 14.4 Å². The number of thiocarbonyl (C=S) groups is 1. The number of methoxy groups -OCH3 is 1. The fourth-order valence-electron chi connectivity index (χ4n) is 2.13. The molecule has 5 nitrogen and oxygen atoms in total. The van der Waals surface area contributed by atoms with E-state index in [1.165, 1.54) is 14.2 Å². The molecule has 0 heterocycles. The molecule has 0 radical (unpaired) electrons. The molecule has 0 saturated carbocycles. The highest BCUT2D eigenvalue weighted by Crippen LogP contribution is 2.31. The number of nitrogens with one attached hydrogen (secondary N) is 1. The van der Waals surface area contributed by atoms with E-state index < -0.39 is 5.97 Å². The van der Waals surface area contributed by atoms with Crippen LogP contribution < -0.4 is 11.2 Å². The van der Waals surface area contributed by atoms with Gasteiger partial charge in [0, 0.05) is 11.1 Å². The Kier molecular flexibility index (Phi) is 5.08. The lowest BCUT2D eigenvalue weighted by Crippen LogP contribution is -2.12. The highest BCUT2D eigenvalue weighted by atomic mass is 32.1. The fourth-order valence-corrected chi connectivity index (χ4v) is 2.26. The van der Waals surface area contributed by atoms with Gasteiger partial charge in [-0.05, 0) is 17.7 Å². The zero-order chi connectivity index (χ0) is 16.1. The monoisotopic (exact) mass is 316 g/mol. The topological polar surface area (TPSA) is 73.6 Å². The third-order valence-corrected chi connectivity index (χ3v) is 3.37. The van der Waals surface area contributed by atoms with Gasteiger partial charge < -0.3 is 10.5 Å². The molecule has 0 fully saturated rings. The molecule has 0 aromatic heterocycles. The van der Waals surface area contributed by atoms with Crippen molar-refractivity contribution in [3.63, 3.8) is 0 Å². The summed E-state index contributed by atoms with van der Waals surface area (Å²) in [7, 11) is 2.85. The molecule has 0 atom stereocenters. The Morgan fingerprint density at radius 3 is 2.50 bits per heavy atom. The predicted octanol–water partition coefficient (Wildman–Crippen LogP) is 2.75. The first kappa shape index (κ1) is 15.9. The van der Waals surface area contributed by atoms with Crippen molar-refractivity contribution in [3.05, 3.63) is 53.6 Å². The lowest BCUT2D eigenvalue weighted by atomic mass is 9.96. The fraction of sp³-hybridized carbons (Fsp3) is 0.125. The summed E-state index contributed by atoms with van der Waals surface area (Å²) in [4.78, 5) is 17.3. The maximum atomic E-state index is 12.1. The second-order valence-corrected chi connectivity index (χ2v) is 4.91. The van der Waals surface area contributed by atoms with Crippen LogP contribution in [-0.4, -0.2) is 25.2 Å². The second kappa shape index (κ2) is 7.02. The van der Waals surface area contributed by atoms with E-state index in [2.05, 4.69) is 5.48 Å². The quantitative estimate of drug-likeness (QED) is 0.502. The van der Waals surface area contributed by atoms with E-state index in [1.54, 1.807) is 18.2 Å². The molecule has 3 N–H and O–H groups in total. The summed E-state index contributed by atoms with van der Waals surface area (Å²) in [6.45, 7) is 0. The molecule has 2 rings (SSSR count). The molecule has 0 aliphatic rings. The van der Waals surface area contributed by atoms with Gasteiger partial charge in [-0.15, -0.1) is 0 Å². The van der Waals surface area contributed by atoms with Crippen LogP contribution in [0.5, 0.6) is 0 Å². The van der Waals surface area contributed by atoms with Crippen LogP contribution in [0, 0.1) is 0 Å². The van der Waals surface area contributed by atoms with Crippen LogP contribution in [-0.2, 0) is 9.57 Å². The van der Waals surface area contributed by atoms with Gasteiger partial charge in [0.2, 0.25) is 0 Å². The maximum Gasteiger partial charge on any atom is 0.338 e. The van der Waals surface area contributed by atoms with Gasteiger partial charge in [-0.3, -0.25) is 10.3 Å². The number of hydrogen-bond donors (Lipinski definition) is 2. The number of hydrogen-bond acceptors (Lipinski definition) is 5. The van der Waals surface area contributed by atoms with Crippen molar-refractivity contribution in [3.8, 4) is 11.1 Å². The minimum absolute atomic E-state index is 0.222. The molecule has 0 aliphatic heterocycles. The predicted molar refractivity (Wildman–Crippen MR) is 89.7 cm³/mol. The van der Waals surface area contributed by atoms with Crippen LogP contribution in [0.1, 0.15) is 15.9 Å². The smallest absolute Gasteiger partial charge is 0.338 e.